The molecule has 0 fully saturated rings. The molecule has 0 saturated carbocycles. The fourth-order valence-corrected chi connectivity index (χ4v) is 2.47. The zero-order chi connectivity index (χ0) is 13.5. The number of ether oxygens (including phenoxy) is 1. The lowest BCUT2D eigenvalue weighted by Crippen LogP contribution is -2.16. The molecular formula is C15H20N2OS. The predicted octanol–water partition coefficient (Wildman–Crippen LogP) is 3.32. The summed E-state index contributed by atoms with van der Waals surface area (Å²) in [5.41, 5.74) is 2.39. The Morgan fingerprint density at radius 3 is 2.68 bits per heavy atom. The van der Waals surface area contributed by atoms with E-state index in [-0.39, 0.29) is 0 Å². The van der Waals surface area contributed by atoms with Crippen LogP contribution in [0, 0.1) is 13.8 Å². The molecule has 1 aromatic heterocycles. The van der Waals surface area contributed by atoms with Gasteiger partial charge in [0.2, 0.25) is 0 Å². The van der Waals surface area contributed by atoms with E-state index < -0.39 is 0 Å². The minimum absolute atomic E-state index is 0.716. The Labute approximate surface area is 118 Å². The van der Waals surface area contributed by atoms with Gasteiger partial charge in [-0.1, -0.05) is 41.7 Å². The van der Waals surface area contributed by atoms with Crippen LogP contribution < -0.4 is 10.1 Å². The zero-order valence-electron chi connectivity index (χ0n) is 11.5. The van der Waals surface area contributed by atoms with Crippen LogP contribution in [0.3, 0.4) is 0 Å². The molecule has 1 aromatic carbocycles. The van der Waals surface area contributed by atoms with E-state index in [1.54, 1.807) is 11.3 Å². The summed E-state index contributed by atoms with van der Waals surface area (Å²) in [7, 11) is 0. The summed E-state index contributed by atoms with van der Waals surface area (Å²) in [6, 6.07) is 10.4. The van der Waals surface area contributed by atoms with E-state index in [9.17, 15) is 0 Å². The Hall–Kier alpha value is -1.39. The molecule has 0 atom stereocenters. The molecule has 0 aliphatic heterocycles. The summed E-state index contributed by atoms with van der Waals surface area (Å²) < 4.78 is 5.63. The molecule has 2 rings (SSSR count). The third-order valence-electron chi connectivity index (χ3n) is 2.90. The standard InChI is InChI=1S/C15H20N2OS/c1-12-13(2)19-15(17-12)18-10-6-9-16-11-14-7-4-3-5-8-14/h3-5,7-8,16H,6,9-11H2,1-2H3. The van der Waals surface area contributed by atoms with Gasteiger partial charge in [0.15, 0.2) is 0 Å². The van der Waals surface area contributed by atoms with Crippen LogP contribution in [-0.4, -0.2) is 18.1 Å². The summed E-state index contributed by atoms with van der Waals surface area (Å²) in [6.07, 6.45) is 0.991. The van der Waals surface area contributed by atoms with E-state index in [1.807, 2.05) is 13.0 Å². The summed E-state index contributed by atoms with van der Waals surface area (Å²) in [4.78, 5) is 5.59. The number of nitrogens with zero attached hydrogens (tertiary/aromatic N) is 1. The fraction of sp³-hybridized carbons (Fsp3) is 0.400. The molecule has 3 nitrogen and oxygen atoms in total. The average molecular weight is 276 g/mol. The molecule has 0 bridgehead atoms. The fourth-order valence-electron chi connectivity index (χ4n) is 1.69. The number of hydrogen-bond acceptors (Lipinski definition) is 4. The minimum Gasteiger partial charge on any atom is -0.470 e. The zero-order valence-corrected chi connectivity index (χ0v) is 12.3. The van der Waals surface area contributed by atoms with Gasteiger partial charge >= 0.3 is 0 Å². The maximum atomic E-state index is 5.63. The van der Waals surface area contributed by atoms with Crippen molar-refractivity contribution >= 4 is 11.3 Å². The SMILES string of the molecule is Cc1nc(OCCCNCc2ccccc2)sc1C. The Morgan fingerprint density at radius 1 is 1.21 bits per heavy atom. The molecule has 0 aliphatic carbocycles. The number of rotatable bonds is 7. The molecule has 4 heteroatoms. The number of benzene rings is 1. The van der Waals surface area contributed by atoms with Crippen molar-refractivity contribution in [3.05, 3.63) is 46.5 Å². The number of hydrogen-bond donors (Lipinski definition) is 1. The predicted molar refractivity (Wildman–Crippen MR) is 79.8 cm³/mol. The first-order chi connectivity index (χ1) is 9.25. The van der Waals surface area contributed by atoms with Gasteiger partial charge in [-0.25, -0.2) is 4.98 Å². The van der Waals surface area contributed by atoms with E-state index in [0.29, 0.717) is 6.61 Å². The molecule has 0 amide bonds. The van der Waals surface area contributed by atoms with Gasteiger partial charge in [0.1, 0.15) is 0 Å². The van der Waals surface area contributed by atoms with Crippen LogP contribution in [0.5, 0.6) is 5.19 Å². The van der Waals surface area contributed by atoms with Crippen LogP contribution in [0.4, 0.5) is 0 Å². The second-order valence-electron chi connectivity index (χ2n) is 4.49. The van der Waals surface area contributed by atoms with Crippen LogP contribution in [0.25, 0.3) is 0 Å². The number of aryl methyl sites for hydroxylation is 2. The average Bonchev–Trinajstić information content (AvgIpc) is 2.74. The van der Waals surface area contributed by atoms with Crippen molar-refractivity contribution < 1.29 is 4.74 Å². The Balaban J connectivity index is 1.57. The highest BCUT2D eigenvalue weighted by Gasteiger charge is 2.03. The van der Waals surface area contributed by atoms with Gasteiger partial charge in [-0.2, -0.15) is 0 Å². The smallest absolute Gasteiger partial charge is 0.273 e. The van der Waals surface area contributed by atoms with E-state index in [4.69, 9.17) is 4.74 Å². The van der Waals surface area contributed by atoms with Crippen molar-refractivity contribution in [3.8, 4) is 5.19 Å². The molecule has 0 spiro atoms. The molecule has 1 heterocycles. The second-order valence-corrected chi connectivity index (χ2v) is 5.65. The van der Waals surface area contributed by atoms with Crippen molar-refractivity contribution in [1.29, 1.82) is 0 Å². The lowest BCUT2D eigenvalue weighted by atomic mass is 10.2. The van der Waals surface area contributed by atoms with Crippen LogP contribution >= 0.6 is 11.3 Å². The summed E-state index contributed by atoms with van der Waals surface area (Å²) >= 11 is 1.62. The largest absolute Gasteiger partial charge is 0.470 e. The van der Waals surface area contributed by atoms with Crippen molar-refractivity contribution in [3.63, 3.8) is 0 Å². The van der Waals surface area contributed by atoms with Crippen molar-refractivity contribution in [1.82, 2.24) is 10.3 Å². The Morgan fingerprint density at radius 2 is 2.00 bits per heavy atom. The lowest BCUT2D eigenvalue weighted by molar-refractivity contribution is 0.306. The normalized spacial score (nSPS) is 10.6. The van der Waals surface area contributed by atoms with Gasteiger partial charge in [0.25, 0.3) is 5.19 Å². The van der Waals surface area contributed by atoms with Gasteiger partial charge < -0.3 is 10.1 Å². The minimum atomic E-state index is 0.716. The van der Waals surface area contributed by atoms with Crippen LogP contribution in [0.1, 0.15) is 22.6 Å². The van der Waals surface area contributed by atoms with Crippen LogP contribution in [0.15, 0.2) is 30.3 Å². The molecule has 0 unspecified atom stereocenters. The van der Waals surface area contributed by atoms with Crippen molar-refractivity contribution in [2.45, 2.75) is 26.8 Å². The summed E-state index contributed by atoms with van der Waals surface area (Å²) in [5, 5.41) is 4.20. The summed E-state index contributed by atoms with van der Waals surface area (Å²) in [5.74, 6) is 0. The highest BCUT2D eigenvalue weighted by molar-refractivity contribution is 7.13. The molecule has 0 aliphatic rings. The van der Waals surface area contributed by atoms with E-state index in [1.165, 1.54) is 10.4 Å². The van der Waals surface area contributed by atoms with E-state index in [0.717, 1.165) is 30.4 Å². The third kappa shape index (κ3) is 4.65. The van der Waals surface area contributed by atoms with Gasteiger partial charge in [-0.05, 0) is 32.4 Å². The lowest BCUT2D eigenvalue weighted by Gasteiger charge is -2.05. The number of aromatic nitrogens is 1. The van der Waals surface area contributed by atoms with Crippen molar-refractivity contribution in [2.75, 3.05) is 13.2 Å². The molecule has 19 heavy (non-hydrogen) atoms. The maximum Gasteiger partial charge on any atom is 0.273 e. The highest BCUT2D eigenvalue weighted by Crippen LogP contribution is 2.23. The summed E-state index contributed by atoms with van der Waals surface area (Å²) in [6.45, 7) is 6.67. The Kier molecular flexibility index (Phi) is 5.36. The quantitative estimate of drug-likeness (QED) is 0.788. The van der Waals surface area contributed by atoms with E-state index in [2.05, 4.69) is 41.5 Å². The van der Waals surface area contributed by atoms with Gasteiger partial charge in [0.05, 0.1) is 12.3 Å². The van der Waals surface area contributed by atoms with Crippen LogP contribution in [0.2, 0.25) is 0 Å². The number of thiazole rings is 1. The van der Waals surface area contributed by atoms with Gasteiger partial charge in [-0.3, -0.25) is 0 Å². The highest BCUT2D eigenvalue weighted by atomic mass is 32.1. The first-order valence-electron chi connectivity index (χ1n) is 6.57. The van der Waals surface area contributed by atoms with Crippen LogP contribution in [-0.2, 0) is 6.54 Å². The molecular weight excluding hydrogens is 256 g/mol. The molecule has 0 radical (unpaired) electrons. The van der Waals surface area contributed by atoms with Gasteiger partial charge in [-0.15, -0.1) is 0 Å². The van der Waals surface area contributed by atoms with Crippen molar-refractivity contribution in [2.24, 2.45) is 0 Å². The molecule has 0 saturated heterocycles. The topological polar surface area (TPSA) is 34.1 Å². The van der Waals surface area contributed by atoms with Gasteiger partial charge in [0, 0.05) is 11.4 Å². The molecule has 102 valence electrons. The monoisotopic (exact) mass is 276 g/mol. The first kappa shape index (κ1) is 14.0. The second kappa shape index (κ2) is 7.26. The maximum absolute atomic E-state index is 5.63. The van der Waals surface area contributed by atoms with E-state index >= 15 is 0 Å². The number of nitrogens with one attached hydrogen (secondary N) is 1. The third-order valence-corrected chi connectivity index (χ3v) is 3.89. The molecule has 1 N–H and O–H groups in total. The first-order valence-corrected chi connectivity index (χ1v) is 7.39. The Bertz CT molecular complexity index is 477. The molecule has 2 aromatic rings.